The first kappa shape index (κ1) is 20.1. The molecule has 0 aliphatic rings. The zero-order valence-corrected chi connectivity index (χ0v) is 17.5. The fraction of sp³-hybridized carbons (Fsp3) is 0.190. The standard InChI is InChI=1S/C21H21NO4S2/c1-15-6-7-16(2)18(11-15)14-26-19-9-8-17(12-20(19)25-3)13-22-28(23,24)21-5-4-10-27-21/h4-13H,14H2,1-3H3/b22-13-. The molecule has 0 aliphatic heterocycles. The molecule has 0 saturated heterocycles. The minimum absolute atomic E-state index is 0.212. The molecule has 5 nitrogen and oxygen atoms in total. The van der Waals surface area contributed by atoms with Crippen LogP contribution in [-0.4, -0.2) is 21.7 Å². The maximum atomic E-state index is 12.2. The molecule has 3 aromatic rings. The summed E-state index contributed by atoms with van der Waals surface area (Å²) < 4.78 is 39.6. The molecule has 0 fully saturated rings. The number of nitrogens with zero attached hydrogens (tertiary/aromatic N) is 1. The highest BCUT2D eigenvalue weighted by atomic mass is 32.2. The second kappa shape index (κ2) is 8.58. The van der Waals surface area contributed by atoms with Gasteiger partial charge in [-0.3, -0.25) is 0 Å². The van der Waals surface area contributed by atoms with E-state index in [0.29, 0.717) is 23.7 Å². The molecule has 2 aromatic carbocycles. The van der Waals surface area contributed by atoms with Gasteiger partial charge < -0.3 is 9.47 Å². The molecule has 0 aliphatic carbocycles. The van der Waals surface area contributed by atoms with E-state index in [2.05, 4.69) is 22.6 Å². The summed E-state index contributed by atoms with van der Waals surface area (Å²) in [5.74, 6) is 1.10. The molecule has 0 amide bonds. The highest BCUT2D eigenvalue weighted by molar-refractivity contribution is 7.92. The molecule has 0 radical (unpaired) electrons. The van der Waals surface area contributed by atoms with Gasteiger partial charge in [-0.05, 0) is 60.2 Å². The van der Waals surface area contributed by atoms with Gasteiger partial charge in [0.1, 0.15) is 10.8 Å². The van der Waals surface area contributed by atoms with Crippen LogP contribution in [0.15, 0.2) is 62.5 Å². The Kier molecular flexibility index (Phi) is 6.16. The SMILES string of the molecule is COc1cc(/C=N\S(=O)(=O)c2cccs2)ccc1OCc1cc(C)ccc1C. The molecule has 146 valence electrons. The normalized spacial score (nSPS) is 11.7. The van der Waals surface area contributed by atoms with Crippen LogP contribution in [0.3, 0.4) is 0 Å². The molecule has 0 atom stereocenters. The van der Waals surface area contributed by atoms with E-state index in [1.807, 2.05) is 13.8 Å². The lowest BCUT2D eigenvalue weighted by atomic mass is 10.1. The number of hydrogen-bond donors (Lipinski definition) is 0. The molecule has 0 saturated carbocycles. The van der Waals surface area contributed by atoms with Crippen LogP contribution in [0, 0.1) is 13.8 Å². The van der Waals surface area contributed by atoms with Crippen molar-refractivity contribution < 1.29 is 17.9 Å². The van der Waals surface area contributed by atoms with E-state index in [0.717, 1.165) is 22.5 Å². The van der Waals surface area contributed by atoms with Crippen LogP contribution in [0.4, 0.5) is 0 Å². The third kappa shape index (κ3) is 4.79. The van der Waals surface area contributed by atoms with Gasteiger partial charge in [0.25, 0.3) is 10.0 Å². The van der Waals surface area contributed by atoms with Crippen molar-refractivity contribution >= 4 is 27.6 Å². The molecular formula is C21H21NO4S2. The van der Waals surface area contributed by atoms with Crippen molar-refractivity contribution in [2.75, 3.05) is 7.11 Å². The summed E-state index contributed by atoms with van der Waals surface area (Å²) in [5.41, 5.74) is 4.05. The first-order chi connectivity index (χ1) is 13.4. The number of aryl methyl sites for hydroxylation is 2. The van der Waals surface area contributed by atoms with Crippen LogP contribution in [0.1, 0.15) is 22.3 Å². The molecule has 0 spiro atoms. The number of thiophene rings is 1. The van der Waals surface area contributed by atoms with Gasteiger partial charge >= 0.3 is 0 Å². The van der Waals surface area contributed by atoms with Gasteiger partial charge in [0, 0.05) is 6.21 Å². The smallest absolute Gasteiger partial charge is 0.291 e. The van der Waals surface area contributed by atoms with Crippen LogP contribution in [-0.2, 0) is 16.6 Å². The Labute approximate surface area is 169 Å². The Morgan fingerprint density at radius 1 is 1.07 bits per heavy atom. The Bertz CT molecular complexity index is 1090. The maximum Gasteiger partial charge on any atom is 0.291 e. The monoisotopic (exact) mass is 415 g/mol. The largest absolute Gasteiger partial charge is 0.493 e. The lowest BCUT2D eigenvalue weighted by molar-refractivity contribution is 0.284. The predicted molar refractivity (Wildman–Crippen MR) is 112 cm³/mol. The average Bonchev–Trinajstić information content (AvgIpc) is 3.23. The zero-order chi connectivity index (χ0) is 20.1. The van der Waals surface area contributed by atoms with Crippen LogP contribution in [0.2, 0.25) is 0 Å². The van der Waals surface area contributed by atoms with E-state index in [-0.39, 0.29) is 4.21 Å². The average molecular weight is 416 g/mol. The van der Waals surface area contributed by atoms with Gasteiger partial charge in [-0.25, -0.2) is 0 Å². The van der Waals surface area contributed by atoms with Crippen molar-refractivity contribution in [2.45, 2.75) is 24.7 Å². The second-order valence-electron chi connectivity index (χ2n) is 6.27. The van der Waals surface area contributed by atoms with Gasteiger partial charge in [-0.2, -0.15) is 12.8 Å². The fourth-order valence-corrected chi connectivity index (χ4v) is 4.43. The summed E-state index contributed by atoms with van der Waals surface area (Å²) in [4.78, 5) is 0. The lowest BCUT2D eigenvalue weighted by Gasteiger charge is -2.13. The van der Waals surface area contributed by atoms with Gasteiger partial charge in [-0.15, -0.1) is 11.3 Å². The van der Waals surface area contributed by atoms with Crippen LogP contribution in [0.25, 0.3) is 0 Å². The molecule has 1 heterocycles. The molecule has 0 unspecified atom stereocenters. The fourth-order valence-electron chi connectivity index (χ4n) is 2.59. The molecule has 3 rings (SSSR count). The van der Waals surface area contributed by atoms with E-state index >= 15 is 0 Å². The summed E-state index contributed by atoms with van der Waals surface area (Å²) in [6, 6.07) is 14.6. The van der Waals surface area contributed by atoms with Crippen molar-refractivity contribution in [1.29, 1.82) is 0 Å². The molecule has 0 N–H and O–H groups in total. The first-order valence-electron chi connectivity index (χ1n) is 8.60. The van der Waals surface area contributed by atoms with Crippen molar-refractivity contribution in [3.8, 4) is 11.5 Å². The highest BCUT2D eigenvalue weighted by Gasteiger charge is 2.13. The quantitative estimate of drug-likeness (QED) is 0.522. The van der Waals surface area contributed by atoms with E-state index in [1.165, 1.54) is 17.8 Å². The van der Waals surface area contributed by atoms with E-state index in [9.17, 15) is 8.42 Å². The molecule has 1 aromatic heterocycles. The van der Waals surface area contributed by atoms with Crippen molar-refractivity contribution in [1.82, 2.24) is 0 Å². The first-order valence-corrected chi connectivity index (χ1v) is 10.9. The third-order valence-electron chi connectivity index (χ3n) is 4.17. The molecule has 28 heavy (non-hydrogen) atoms. The van der Waals surface area contributed by atoms with Gasteiger partial charge in [-0.1, -0.05) is 29.8 Å². The predicted octanol–water partition coefficient (Wildman–Crippen LogP) is 4.76. The summed E-state index contributed by atoms with van der Waals surface area (Å²) >= 11 is 1.14. The van der Waals surface area contributed by atoms with Crippen molar-refractivity contribution in [2.24, 2.45) is 4.40 Å². The molecular weight excluding hydrogens is 394 g/mol. The summed E-state index contributed by atoms with van der Waals surface area (Å²) in [5, 5.41) is 1.70. The Hall–Kier alpha value is -2.64. The minimum atomic E-state index is -3.68. The summed E-state index contributed by atoms with van der Waals surface area (Å²) in [7, 11) is -2.14. The molecule has 7 heteroatoms. The number of benzene rings is 2. The minimum Gasteiger partial charge on any atom is -0.493 e. The van der Waals surface area contributed by atoms with Crippen molar-refractivity contribution in [3.63, 3.8) is 0 Å². The van der Waals surface area contributed by atoms with Crippen molar-refractivity contribution in [3.05, 3.63) is 76.2 Å². The van der Waals surface area contributed by atoms with E-state index in [4.69, 9.17) is 9.47 Å². The van der Waals surface area contributed by atoms with Crippen LogP contribution in [0.5, 0.6) is 11.5 Å². The lowest BCUT2D eigenvalue weighted by Crippen LogP contribution is -2.01. The van der Waals surface area contributed by atoms with Crippen LogP contribution >= 0.6 is 11.3 Å². The number of methoxy groups -OCH3 is 1. The Balaban J connectivity index is 1.77. The van der Waals surface area contributed by atoms with E-state index in [1.54, 1.807) is 36.8 Å². The van der Waals surface area contributed by atoms with Gasteiger partial charge in [0.15, 0.2) is 11.5 Å². The van der Waals surface area contributed by atoms with Crippen LogP contribution < -0.4 is 9.47 Å². The molecule has 0 bridgehead atoms. The number of sulfonamides is 1. The second-order valence-corrected chi connectivity index (χ2v) is 9.08. The maximum absolute atomic E-state index is 12.2. The van der Waals surface area contributed by atoms with E-state index < -0.39 is 10.0 Å². The Morgan fingerprint density at radius 3 is 2.61 bits per heavy atom. The number of ether oxygens (including phenoxy) is 2. The summed E-state index contributed by atoms with van der Waals surface area (Å²) in [6.45, 7) is 4.51. The number of rotatable bonds is 7. The summed E-state index contributed by atoms with van der Waals surface area (Å²) in [6.07, 6.45) is 1.31. The third-order valence-corrected chi connectivity index (χ3v) is 6.77. The highest BCUT2D eigenvalue weighted by Crippen LogP contribution is 2.29. The van der Waals surface area contributed by atoms with Gasteiger partial charge in [0.05, 0.1) is 7.11 Å². The Morgan fingerprint density at radius 2 is 1.89 bits per heavy atom. The zero-order valence-electron chi connectivity index (χ0n) is 15.9. The van der Waals surface area contributed by atoms with Gasteiger partial charge in [0.2, 0.25) is 0 Å². The number of hydrogen-bond acceptors (Lipinski definition) is 5. The topological polar surface area (TPSA) is 65.0 Å².